The van der Waals surface area contributed by atoms with Gasteiger partial charge in [-0.1, -0.05) is 50.3 Å². The predicted octanol–water partition coefficient (Wildman–Crippen LogP) is 5.05. The Kier molecular flexibility index (Phi) is 19.3. The first-order valence-electron chi connectivity index (χ1n) is 26.2. The molecule has 3 fully saturated rings. The molecule has 4 N–H and O–H groups in total. The molecule has 5 heterocycles. The first-order chi connectivity index (χ1) is 33.8. The Balaban J connectivity index is 1.23. The molecule has 0 saturated carbocycles. The van der Waals surface area contributed by atoms with Crippen molar-refractivity contribution in [1.82, 2.24) is 39.8 Å². The number of aliphatic hydroxyl groups is 4. The summed E-state index contributed by atoms with van der Waals surface area (Å²) in [7, 11) is 5.49. The Hall–Kier alpha value is -3.50. The number of aryl methyl sites for hydroxylation is 1. The number of halogens is 1. The van der Waals surface area contributed by atoms with Crippen molar-refractivity contribution in [3.63, 3.8) is 0 Å². The Bertz CT molecular complexity index is 2180. The number of aliphatic hydroxyl groups excluding tert-OH is 2. The summed E-state index contributed by atoms with van der Waals surface area (Å²) in [5.41, 5.74) is -0.900. The number of alkyl halides is 1. The average molecular weight is 1020 g/mol. The van der Waals surface area contributed by atoms with Gasteiger partial charge >= 0.3 is 5.97 Å². The van der Waals surface area contributed by atoms with Crippen LogP contribution < -0.4 is 0 Å². The second kappa shape index (κ2) is 24.0. The van der Waals surface area contributed by atoms with Gasteiger partial charge in [-0.15, -0.1) is 10.2 Å². The van der Waals surface area contributed by atoms with Gasteiger partial charge in [0.1, 0.15) is 30.6 Å². The van der Waals surface area contributed by atoms with E-state index in [1.54, 1.807) is 37.2 Å². The summed E-state index contributed by atoms with van der Waals surface area (Å²) in [6.07, 6.45) is 0.235. The topological polar surface area (TPSA) is 212 Å². The number of nitrogens with zero attached hydrogens (tertiary/aromatic N) is 8. The Morgan fingerprint density at radius 3 is 2.28 bits per heavy atom. The van der Waals surface area contributed by atoms with E-state index in [2.05, 4.69) is 32.6 Å². The highest BCUT2D eigenvalue weighted by molar-refractivity contribution is 5.73. The van der Waals surface area contributed by atoms with Crippen LogP contribution in [0.3, 0.4) is 0 Å². The highest BCUT2D eigenvalue weighted by atomic mass is 19.1. The fraction of sp³-hybridized carbons (Fsp3) is 0.792. The van der Waals surface area contributed by atoms with Gasteiger partial charge in [0.25, 0.3) is 0 Å². The van der Waals surface area contributed by atoms with Crippen LogP contribution in [0.25, 0.3) is 5.69 Å². The van der Waals surface area contributed by atoms with Gasteiger partial charge in [0, 0.05) is 63.7 Å². The highest BCUT2D eigenvalue weighted by Crippen LogP contribution is 2.45. The standard InChI is InChI=1S/C53H87FN8O10/c1-15-44-53(11,67)47(63)36(7)60(13)28-31(2)25-51(9,66)49(34(5)46(35(6)50(65)71-44)43-26-52(10,68-14)48(64)37(8)70-43)72-45-24-41(22-33(4)69-45)59(12)21-20-39-30-62(58-56-39)42(27-54)23-38-16-18-40(19-17-38)61-29-32(3)55-57-61/h16-19,29-31,33-37,41-49,63-64,66-67H,15,20-28H2,1-14H3/t31-,33-,34+,35-,36-,37+,41+,42?,43-,44-,45+,46?,47-,48+,49-,51-,52-,53-/m1/s1. The minimum Gasteiger partial charge on any atom is -0.459 e. The minimum atomic E-state index is -1.79. The zero-order valence-corrected chi connectivity index (χ0v) is 45.4. The lowest BCUT2D eigenvalue weighted by atomic mass is 9.68. The maximum absolute atomic E-state index is 14.6. The van der Waals surface area contributed by atoms with Gasteiger partial charge in [-0.05, 0) is 118 Å². The summed E-state index contributed by atoms with van der Waals surface area (Å²) >= 11 is 0. The molecule has 3 aliphatic heterocycles. The van der Waals surface area contributed by atoms with E-state index >= 15 is 0 Å². The molecule has 3 aliphatic rings. The molecule has 0 spiro atoms. The van der Waals surface area contributed by atoms with Crippen LogP contribution in [0.1, 0.15) is 124 Å². The summed E-state index contributed by atoms with van der Waals surface area (Å²) in [5, 5.41) is 64.8. The smallest absolute Gasteiger partial charge is 0.309 e. The van der Waals surface area contributed by atoms with Crippen LogP contribution in [0.5, 0.6) is 0 Å². The zero-order chi connectivity index (χ0) is 53.0. The van der Waals surface area contributed by atoms with Crippen LogP contribution in [0.15, 0.2) is 36.7 Å². The number of ether oxygens (including phenoxy) is 5. The van der Waals surface area contributed by atoms with Gasteiger partial charge in [-0.2, -0.15) is 0 Å². The molecule has 72 heavy (non-hydrogen) atoms. The van der Waals surface area contributed by atoms with E-state index in [1.165, 1.54) is 6.92 Å². The average Bonchev–Trinajstić information content (AvgIpc) is 4.00. The normalized spacial score (nSPS) is 38.5. The summed E-state index contributed by atoms with van der Waals surface area (Å²) in [6.45, 7) is 20.7. The van der Waals surface area contributed by atoms with Crippen LogP contribution in [-0.4, -0.2) is 185 Å². The second-order valence-electron chi connectivity index (χ2n) is 22.6. The van der Waals surface area contributed by atoms with Crippen molar-refractivity contribution in [3.05, 3.63) is 53.6 Å². The third kappa shape index (κ3) is 13.3. The van der Waals surface area contributed by atoms with Crippen LogP contribution in [0.4, 0.5) is 4.39 Å². The van der Waals surface area contributed by atoms with Crippen LogP contribution in [0, 0.1) is 30.6 Å². The molecule has 0 aliphatic carbocycles. The number of carbonyl (C=O) groups excluding carboxylic acids is 1. The lowest BCUT2D eigenvalue weighted by molar-refractivity contribution is -0.275. The predicted molar refractivity (Wildman–Crippen MR) is 269 cm³/mol. The molecule has 3 aromatic rings. The molecule has 0 amide bonds. The molecule has 6 rings (SSSR count). The highest BCUT2D eigenvalue weighted by Gasteiger charge is 2.54. The largest absolute Gasteiger partial charge is 0.459 e. The van der Waals surface area contributed by atoms with Gasteiger partial charge in [-0.25, -0.2) is 13.8 Å². The minimum absolute atomic E-state index is 0.0229. The van der Waals surface area contributed by atoms with Crippen LogP contribution in [-0.2, 0) is 41.3 Å². The Labute approximate surface area is 426 Å². The quantitative estimate of drug-likeness (QED) is 0.156. The first kappa shape index (κ1) is 57.8. The van der Waals surface area contributed by atoms with E-state index in [-0.39, 0.29) is 37.3 Å². The summed E-state index contributed by atoms with van der Waals surface area (Å²) in [6, 6.07) is 6.78. The zero-order valence-electron chi connectivity index (χ0n) is 45.4. The van der Waals surface area contributed by atoms with Crippen molar-refractivity contribution < 1.29 is 53.3 Å². The lowest BCUT2D eigenvalue weighted by Crippen LogP contribution is -2.61. The number of rotatable bonds is 14. The molecule has 2 aromatic heterocycles. The number of benzene rings is 1. The molecule has 0 bridgehead atoms. The number of esters is 1. The van der Waals surface area contributed by atoms with Crippen molar-refractivity contribution in [2.75, 3.05) is 41.0 Å². The number of carbonyl (C=O) groups is 1. The molecule has 406 valence electrons. The number of methoxy groups -OCH3 is 1. The maximum atomic E-state index is 14.6. The third-order valence-electron chi connectivity index (χ3n) is 16.5. The second-order valence-corrected chi connectivity index (χ2v) is 22.6. The van der Waals surface area contributed by atoms with Crippen molar-refractivity contribution in [2.24, 2.45) is 23.7 Å². The summed E-state index contributed by atoms with van der Waals surface area (Å²) in [4.78, 5) is 18.8. The van der Waals surface area contributed by atoms with Crippen molar-refractivity contribution in [3.8, 4) is 5.69 Å². The van der Waals surface area contributed by atoms with Gasteiger partial charge in [0.15, 0.2) is 6.29 Å². The Morgan fingerprint density at radius 2 is 1.65 bits per heavy atom. The van der Waals surface area contributed by atoms with Crippen LogP contribution in [0.2, 0.25) is 0 Å². The number of aromatic nitrogens is 6. The fourth-order valence-electron chi connectivity index (χ4n) is 12.0. The molecule has 1 aromatic carbocycles. The van der Waals surface area contributed by atoms with Gasteiger partial charge in [-0.3, -0.25) is 4.79 Å². The number of hydrogen-bond acceptors (Lipinski definition) is 16. The van der Waals surface area contributed by atoms with Crippen molar-refractivity contribution in [2.45, 2.75) is 205 Å². The van der Waals surface area contributed by atoms with E-state index in [0.717, 1.165) is 29.1 Å². The van der Waals surface area contributed by atoms with Gasteiger partial charge < -0.3 is 53.9 Å². The van der Waals surface area contributed by atoms with Gasteiger partial charge in [0.05, 0.1) is 70.8 Å². The lowest BCUT2D eigenvalue weighted by Gasteiger charge is -2.51. The van der Waals surface area contributed by atoms with E-state index in [1.807, 2.05) is 97.1 Å². The van der Waals surface area contributed by atoms with E-state index in [9.17, 15) is 29.6 Å². The monoisotopic (exact) mass is 1010 g/mol. The number of hydrogen-bond donors (Lipinski definition) is 4. The van der Waals surface area contributed by atoms with E-state index < -0.39 is 102 Å². The van der Waals surface area contributed by atoms with Crippen molar-refractivity contribution >= 4 is 5.97 Å². The van der Waals surface area contributed by atoms with Crippen molar-refractivity contribution in [1.29, 1.82) is 0 Å². The molecule has 0 radical (unpaired) electrons. The van der Waals surface area contributed by atoms with E-state index in [0.29, 0.717) is 32.4 Å². The molecule has 18 atom stereocenters. The third-order valence-corrected chi connectivity index (χ3v) is 16.5. The molecule has 18 nitrogen and oxygen atoms in total. The molecule has 3 saturated heterocycles. The van der Waals surface area contributed by atoms with E-state index in [4.69, 9.17) is 23.7 Å². The summed E-state index contributed by atoms with van der Waals surface area (Å²) in [5.74, 6) is -2.82. The molecular weight excluding hydrogens is 928 g/mol. The van der Waals surface area contributed by atoms with Gasteiger partial charge in [0.2, 0.25) is 0 Å². The first-order valence-corrected chi connectivity index (χ1v) is 26.2. The fourth-order valence-corrected chi connectivity index (χ4v) is 12.0. The SMILES string of the molecule is CC[C@H]1OC(=O)[C@H](C)C([C@H]2C[C@@](C)(OC)[C@@H](O)[C@H](C)O2)[C@H](C)[C@@H](O[C@H]2C[C@@H](N(C)CCc3cn(C(CF)Cc4ccc(-n5cc(C)nn5)cc4)nn3)C[C@@H](C)O2)[C@](C)(O)C[C@@H](C)CN(C)[C@H](C)[C@@H](O)[C@]1(C)O. The molecule has 2 unspecified atom stereocenters. The number of likely N-dealkylation sites (N-methyl/N-ethyl adjacent to an activating group) is 2. The maximum Gasteiger partial charge on any atom is 0.309 e. The molecular formula is C53H87FN8O10. The number of cyclic esters (lactones) is 1. The summed E-state index contributed by atoms with van der Waals surface area (Å²) < 4.78 is 50.4. The molecule has 19 heteroatoms. The Morgan fingerprint density at radius 1 is 0.958 bits per heavy atom. The van der Waals surface area contributed by atoms with Crippen LogP contribution >= 0.6 is 0 Å².